The molecular formula is C26H30N4O4S. The van der Waals surface area contributed by atoms with E-state index in [2.05, 4.69) is 10.3 Å². The third-order valence-electron chi connectivity index (χ3n) is 5.61. The summed E-state index contributed by atoms with van der Waals surface area (Å²) in [7, 11) is -2.23. The molecular weight excluding hydrogens is 464 g/mol. The fourth-order valence-corrected chi connectivity index (χ4v) is 3.89. The summed E-state index contributed by atoms with van der Waals surface area (Å²) >= 11 is 0. The number of nitrogens with one attached hydrogen (secondary N) is 1. The summed E-state index contributed by atoms with van der Waals surface area (Å²) in [6.45, 7) is 0.0787. The first kappa shape index (κ1) is 26.1. The number of hydrogen-bond donors (Lipinski definition) is 1. The predicted octanol–water partition coefficient (Wildman–Crippen LogP) is 2.23. The summed E-state index contributed by atoms with van der Waals surface area (Å²) in [5.74, 6) is -0.779. The van der Waals surface area contributed by atoms with Crippen LogP contribution in [0.1, 0.15) is 16.7 Å². The van der Waals surface area contributed by atoms with Gasteiger partial charge in [-0.2, -0.15) is 4.31 Å². The second-order valence-electron chi connectivity index (χ2n) is 8.31. The van der Waals surface area contributed by atoms with E-state index >= 15 is 0 Å². The van der Waals surface area contributed by atoms with Crippen molar-refractivity contribution in [3.63, 3.8) is 0 Å². The first-order valence-corrected chi connectivity index (χ1v) is 13.0. The van der Waals surface area contributed by atoms with Crippen LogP contribution in [0.2, 0.25) is 0 Å². The zero-order valence-corrected chi connectivity index (χ0v) is 20.7. The number of rotatable bonds is 11. The van der Waals surface area contributed by atoms with Gasteiger partial charge in [0.25, 0.3) is 0 Å². The molecule has 1 N–H and O–H groups in total. The number of aromatic nitrogens is 1. The molecule has 1 heterocycles. The summed E-state index contributed by atoms with van der Waals surface area (Å²) in [4.78, 5) is 32.4. The van der Waals surface area contributed by atoms with Crippen LogP contribution in [0.3, 0.4) is 0 Å². The van der Waals surface area contributed by atoms with Crippen molar-refractivity contribution in [3.05, 3.63) is 102 Å². The average Bonchev–Trinajstić information content (AvgIpc) is 2.86. The minimum absolute atomic E-state index is 0.164. The lowest BCUT2D eigenvalue weighted by molar-refractivity contribution is -0.141. The maximum atomic E-state index is 13.5. The van der Waals surface area contributed by atoms with Crippen molar-refractivity contribution in [2.45, 2.75) is 25.6 Å². The molecule has 1 unspecified atom stereocenters. The molecule has 1 atom stereocenters. The molecule has 184 valence electrons. The van der Waals surface area contributed by atoms with Crippen molar-refractivity contribution in [1.82, 2.24) is 19.5 Å². The first-order valence-electron chi connectivity index (χ1n) is 11.2. The number of carbonyl (C=O) groups is 2. The van der Waals surface area contributed by atoms with Crippen molar-refractivity contribution in [2.24, 2.45) is 0 Å². The highest BCUT2D eigenvalue weighted by Crippen LogP contribution is 2.16. The smallest absolute Gasteiger partial charge is 0.243 e. The predicted molar refractivity (Wildman–Crippen MR) is 134 cm³/mol. The van der Waals surface area contributed by atoms with Gasteiger partial charge in [-0.3, -0.25) is 14.6 Å². The number of hydrogen-bond acceptors (Lipinski definition) is 5. The first-order chi connectivity index (χ1) is 16.7. The van der Waals surface area contributed by atoms with E-state index in [-0.39, 0.29) is 32.0 Å². The van der Waals surface area contributed by atoms with Crippen LogP contribution in [0.4, 0.5) is 0 Å². The van der Waals surface area contributed by atoms with Gasteiger partial charge < -0.3 is 10.2 Å². The van der Waals surface area contributed by atoms with Crippen molar-refractivity contribution in [2.75, 3.05) is 19.8 Å². The molecule has 9 heteroatoms. The molecule has 0 aliphatic carbocycles. The van der Waals surface area contributed by atoms with E-state index in [9.17, 15) is 18.0 Å². The van der Waals surface area contributed by atoms with Gasteiger partial charge >= 0.3 is 0 Å². The lowest BCUT2D eigenvalue weighted by Crippen LogP contribution is -2.52. The van der Waals surface area contributed by atoms with Gasteiger partial charge in [0.2, 0.25) is 21.8 Å². The standard InChI is InChI=1S/C26H30N4O4S/c1-29(35(2,33)34)20-25(31)30(19-23-11-7-4-8-12-23)24(17-21-9-5-3-6-10-21)26(32)28-18-22-13-15-27-16-14-22/h3-16,24H,17-20H2,1-2H3,(H,28,32). The molecule has 35 heavy (non-hydrogen) atoms. The van der Waals surface area contributed by atoms with E-state index in [1.165, 1.54) is 11.9 Å². The number of nitrogens with zero attached hydrogens (tertiary/aromatic N) is 3. The van der Waals surface area contributed by atoms with Crippen LogP contribution in [0, 0.1) is 0 Å². The molecule has 0 bridgehead atoms. The number of benzene rings is 2. The molecule has 0 saturated heterocycles. The SMILES string of the molecule is CN(CC(=O)N(Cc1ccccc1)C(Cc1ccccc1)C(=O)NCc1ccncc1)S(C)(=O)=O. The Hall–Kier alpha value is -3.56. The van der Waals surface area contributed by atoms with Crippen LogP contribution >= 0.6 is 0 Å². The molecule has 0 fully saturated rings. The monoisotopic (exact) mass is 494 g/mol. The van der Waals surface area contributed by atoms with E-state index in [0.29, 0.717) is 0 Å². The van der Waals surface area contributed by atoms with E-state index in [4.69, 9.17) is 0 Å². The Bertz CT molecular complexity index is 1210. The van der Waals surface area contributed by atoms with Crippen molar-refractivity contribution in [3.8, 4) is 0 Å². The Morgan fingerprint density at radius 2 is 1.46 bits per heavy atom. The number of carbonyl (C=O) groups excluding carboxylic acids is 2. The van der Waals surface area contributed by atoms with Gasteiger partial charge in [0.05, 0.1) is 12.8 Å². The summed E-state index contributed by atoms with van der Waals surface area (Å²) < 4.78 is 24.9. The zero-order valence-electron chi connectivity index (χ0n) is 19.9. The van der Waals surface area contributed by atoms with Crippen LogP contribution in [0.15, 0.2) is 85.2 Å². The Morgan fingerprint density at radius 1 is 0.886 bits per heavy atom. The summed E-state index contributed by atoms with van der Waals surface area (Å²) in [5.41, 5.74) is 2.60. The van der Waals surface area contributed by atoms with Gasteiger partial charge in [-0.05, 0) is 28.8 Å². The van der Waals surface area contributed by atoms with Crippen LogP contribution in [0.5, 0.6) is 0 Å². The Labute approximate surface area is 206 Å². The quantitative estimate of drug-likeness (QED) is 0.441. The highest BCUT2D eigenvalue weighted by molar-refractivity contribution is 7.88. The van der Waals surface area contributed by atoms with Crippen molar-refractivity contribution in [1.29, 1.82) is 0 Å². The third-order valence-corrected chi connectivity index (χ3v) is 6.87. The fraction of sp³-hybridized carbons (Fsp3) is 0.269. The minimum atomic E-state index is -3.58. The Kier molecular flexibility index (Phi) is 9.11. The molecule has 3 aromatic rings. The zero-order chi connectivity index (χ0) is 25.3. The minimum Gasteiger partial charge on any atom is -0.350 e. The van der Waals surface area contributed by atoms with E-state index in [0.717, 1.165) is 27.3 Å². The molecule has 0 spiro atoms. The second-order valence-corrected chi connectivity index (χ2v) is 10.4. The van der Waals surface area contributed by atoms with Crippen LogP contribution in [-0.4, -0.2) is 60.3 Å². The highest BCUT2D eigenvalue weighted by atomic mass is 32.2. The fourth-order valence-electron chi connectivity index (χ4n) is 3.54. The molecule has 3 rings (SSSR count). The number of amides is 2. The van der Waals surface area contributed by atoms with Gasteiger partial charge in [0.15, 0.2) is 0 Å². The molecule has 0 aliphatic heterocycles. The molecule has 0 aliphatic rings. The van der Waals surface area contributed by atoms with Gasteiger partial charge in [0.1, 0.15) is 6.04 Å². The molecule has 2 amide bonds. The topological polar surface area (TPSA) is 99.7 Å². The molecule has 1 aromatic heterocycles. The van der Waals surface area contributed by atoms with E-state index < -0.39 is 22.0 Å². The number of pyridine rings is 1. The lowest BCUT2D eigenvalue weighted by atomic mass is 10.0. The molecule has 0 radical (unpaired) electrons. The highest BCUT2D eigenvalue weighted by Gasteiger charge is 2.31. The Balaban J connectivity index is 1.92. The summed E-state index contributed by atoms with van der Waals surface area (Å²) in [5, 5.41) is 2.93. The van der Waals surface area contributed by atoms with Gasteiger partial charge in [-0.25, -0.2) is 8.42 Å². The maximum Gasteiger partial charge on any atom is 0.243 e. The van der Waals surface area contributed by atoms with Crippen molar-refractivity contribution >= 4 is 21.8 Å². The average molecular weight is 495 g/mol. The van der Waals surface area contributed by atoms with Gasteiger partial charge in [-0.15, -0.1) is 0 Å². The van der Waals surface area contributed by atoms with E-state index in [1.54, 1.807) is 24.5 Å². The van der Waals surface area contributed by atoms with Gasteiger partial charge in [0, 0.05) is 39.0 Å². The maximum absolute atomic E-state index is 13.5. The normalized spacial score (nSPS) is 12.2. The van der Waals surface area contributed by atoms with E-state index in [1.807, 2.05) is 60.7 Å². The molecule has 0 saturated carbocycles. The third kappa shape index (κ3) is 8.01. The molecule has 8 nitrogen and oxygen atoms in total. The van der Waals surface area contributed by atoms with Crippen LogP contribution in [-0.2, 0) is 39.1 Å². The largest absolute Gasteiger partial charge is 0.350 e. The van der Waals surface area contributed by atoms with Gasteiger partial charge in [-0.1, -0.05) is 60.7 Å². The lowest BCUT2D eigenvalue weighted by Gasteiger charge is -2.32. The summed E-state index contributed by atoms with van der Waals surface area (Å²) in [6.07, 6.45) is 4.62. The van der Waals surface area contributed by atoms with Crippen LogP contribution < -0.4 is 5.32 Å². The Morgan fingerprint density at radius 3 is 2.03 bits per heavy atom. The second kappa shape index (κ2) is 12.2. The van der Waals surface area contributed by atoms with Crippen LogP contribution in [0.25, 0.3) is 0 Å². The number of likely N-dealkylation sites (N-methyl/N-ethyl adjacent to an activating group) is 1. The summed E-state index contributed by atoms with van der Waals surface area (Å²) in [6, 6.07) is 21.5. The molecule has 2 aromatic carbocycles. The number of sulfonamides is 1. The van der Waals surface area contributed by atoms with Crippen molar-refractivity contribution < 1.29 is 18.0 Å².